The first-order valence-corrected chi connectivity index (χ1v) is 7.11. The lowest BCUT2D eigenvalue weighted by atomic mass is 10.1. The molecule has 1 aliphatic rings. The Morgan fingerprint density at radius 3 is 2.44 bits per heavy atom. The SMILES string of the molecule is CCCN=C(NCC)NCCN1CCCCC1.I. The van der Waals surface area contributed by atoms with Crippen molar-refractivity contribution in [1.29, 1.82) is 0 Å². The van der Waals surface area contributed by atoms with Crippen molar-refractivity contribution in [2.24, 2.45) is 4.99 Å². The van der Waals surface area contributed by atoms with Crippen LogP contribution in [-0.2, 0) is 0 Å². The highest BCUT2D eigenvalue weighted by Crippen LogP contribution is 2.07. The zero-order valence-electron chi connectivity index (χ0n) is 11.9. The zero-order valence-corrected chi connectivity index (χ0v) is 14.2. The Labute approximate surface area is 129 Å². The molecule has 0 atom stereocenters. The Morgan fingerprint density at radius 2 is 1.83 bits per heavy atom. The summed E-state index contributed by atoms with van der Waals surface area (Å²) in [5, 5.41) is 6.68. The fourth-order valence-corrected chi connectivity index (χ4v) is 2.08. The van der Waals surface area contributed by atoms with Crippen LogP contribution < -0.4 is 10.6 Å². The van der Waals surface area contributed by atoms with Crippen molar-refractivity contribution in [2.45, 2.75) is 39.5 Å². The molecule has 0 aromatic rings. The second-order valence-corrected chi connectivity index (χ2v) is 4.59. The van der Waals surface area contributed by atoms with Crippen LogP contribution in [0.25, 0.3) is 0 Å². The van der Waals surface area contributed by atoms with Crippen molar-refractivity contribution < 1.29 is 0 Å². The number of aliphatic imine (C=N–C) groups is 1. The summed E-state index contributed by atoms with van der Waals surface area (Å²) in [6.45, 7) is 10.8. The lowest BCUT2D eigenvalue weighted by molar-refractivity contribution is 0.232. The van der Waals surface area contributed by atoms with Gasteiger partial charge in [0.15, 0.2) is 5.96 Å². The van der Waals surface area contributed by atoms with E-state index in [9.17, 15) is 0 Å². The molecule has 0 bridgehead atoms. The second-order valence-electron chi connectivity index (χ2n) is 4.59. The van der Waals surface area contributed by atoms with Gasteiger partial charge in [-0.3, -0.25) is 4.99 Å². The summed E-state index contributed by atoms with van der Waals surface area (Å²) in [6, 6.07) is 0. The van der Waals surface area contributed by atoms with Crippen LogP contribution in [-0.4, -0.2) is 50.1 Å². The molecule has 0 amide bonds. The van der Waals surface area contributed by atoms with Crippen LogP contribution in [0.5, 0.6) is 0 Å². The summed E-state index contributed by atoms with van der Waals surface area (Å²) >= 11 is 0. The monoisotopic (exact) mass is 368 g/mol. The quantitative estimate of drug-likeness (QED) is 0.428. The first kappa shape index (κ1) is 18.0. The highest BCUT2D eigenvalue weighted by molar-refractivity contribution is 14.0. The smallest absolute Gasteiger partial charge is 0.191 e. The summed E-state index contributed by atoms with van der Waals surface area (Å²) in [5.74, 6) is 0.964. The van der Waals surface area contributed by atoms with Gasteiger partial charge >= 0.3 is 0 Å². The molecule has 0 radical (unpaired) electrons. The van der Waals surface area contributed by atoms with Gasteiger partial charge in [0.2, 0.25) is 0 Å². The highest BCUT2D eigenvalue weighted by atomic mass is 127. The molecule has 1 fully saturated rings. The van der Waals surface area contributed by atoms with Crippen LogP contribution in [0.4, 0.5) is 0 Å². The van der Waals surface area contributed by atoms with Gasteiger partial charge in [0.1, 0.15) is 0 Å². The average Bonchev–Trinajstić information content (AvgIpc) is 2.37. The third-order valence-corrected chi connectivity index (χ3v) is 3.01. The molecule has 0 unspecified atom stereocenters. The van der Waals surface area contributed by atoms with Gasteiger partial charge in [0.05, 0.1) is 0 Å². The van der Waals surface area contributed by atoms with Gasteiger partial charge in [0.25, 0.3) is 0 Å². The lowest BCUT2D eigenvalue weighted by Crippen LogP contribution is -2.42. The minimum Gasteiger partial charge on any atom is -0.357 e. The molecule has 0 aliphatic carbocycles. The maximum Gasteiger partial charge on any atom is 0.191 e. The predicted octanol–water partition coefficient (Wildman–Crippen LogP) is 2.06. The number of nitrogens with zero attached hydrogens (tertiary/aromatic N) is 2. The van der Waals surface area contributed by atoms with E-state index in [4.69, 9.17) is 0 Å². The molecule has 0 aromatic heterocycles. The predicted molar refractivity (Wildman–Crippen MR) is 90.0 cm³/mol. The number of likely N-dealkylation sites (tertiary alicyclic amines) is 1. The molecule has 108 valence electrons. The first-order valence-electron chi connectivity index (χ1n) is 7.11. The molecular weight excluding hydrogens is 339 g/mol. The Balaban J connectivity index is 0.00000289. The third-order valence-electron chi connectivity index (χ3n) is 3.01. The van der Waals surface area contributed by atoms with Crippen LogP contribution in [0, 0.1) is 0 Å². The van der Waals surface area contributed by atoms with Gasteiger partial charge in [-0.05, 0) is 39.3 Å². The van der Waals surface area contributed by atoms with Gasteiger partial charge in [-0.15, -0.1) is 24.0 Å². The lowest BCUT2D eigenvalue weighted by Gasteiger charge is -2.26. The summed E-state index contributed by atoms with van der Waals surface area (Å²) in [6.07, 6.45) is 5.24. The second kappa shape index (κ2) is 12.0. The molecular formula is C13H29IN4. The molecule has 5 heteroatoms. The maximum absolute atomic E-state index is 4.49. The van der Waals surface area contributed by atoms with Crippen molar-refractivity contribution in [3.05, 3.63) is 0 Å². The molecule has 1 rings (SSSR count). The first-order chi connectivity index (χ1) is 8.36. The molecule has 4 nitrogen and oxygen atoms in total. The molecule has 2 N–H and O–H groups in total. The van der Waals surface area contributed by atoms with Crippen molar-refractivity contribution in [1.82, 2.24) is 15.5 Å². The fourth-order valence-electron chi connectivity index (χ4n) is 2.08. The minimum atomic E-state index is 0. The van der Waals surface area contributed by atoms with Crippen molar-refractivity contribution >= 4 is 29.9 Å². The van der Waals surface area contributed by atoms with E-state index in [1.165, 1.54) is 32.4 Å². The van der Waals surface area contributed by atoms with Crippen LogP contribution >= 0.6 is 24.0 Å². The van der Waals surface area contributed by atoms with E-state index >= 15 is 0 Å². The van der Waals surface area contributed by atoms with Crippen molar-refractivity contribution in [3.63, 3.8) is 0 Å². The fraction of sp³-hybridized carbons (Fsp3) is 0.923. The maximum atomic E-state index is 4.49. The molecule has 1 saturated heterocycles. The number of piperidine rings is 1. The topological polar surface area (TPSA) is 39.7 Å². The zero-order chi connectivity index (χ0) is 12.3. The van der Waals surface area contributed by atoms with Gasteiger partial charge < -0.3 is 15.5 Å². The molecule has 18 heavy (non-hydrogen) atoms. The van der Waals surface area contributed by atoms with E-state index in [0.29, 0.717) is 0 Å². The number of guanidine groups is 1. The van der Waals surface area contributed by atoms with Crippen molar-refractivity contribution in [2.75, 3.05) is 39.3 Å². The Morgan fingerprint density at radius 1 is 1.11 bits per heavy atom. The molecule has 0 spiro atoms. The van der Waals surface area contributed by atoms with E-state index < -0.39 is 0 Å². The summed E-state index contributed by atoms with van der Waals surface area (Å²) in [7, 11) is 0. The number of hydrogen-bond donors (Lipinski definition) is 2. The van der Waals surface area contributed by atoms with Crippen LogP contribution in [0.15, 0.2) is 4.99 Å². The highest BCUT2D eigenvalue weighted by Gasteiger charge is 2.09. The largest absolute Gasteiger partial charge is 0.357 e. The van der Waals surface area contributed by atoms with Gasteiger partial charge in [-0.25, -0.2) is 0 Å². The summed E-state index contributed by atoms with van der Waals surface area (Å²) in [4.78, 5) is 7.03. The number of hydrogen-bond acceptors (Lipinski definition) is 2. The standard InChI is InChI=1S/C13H28N4.HI/c1-3-8-15-13(14-4-2)16-9-12-17-10-6-5-7-11-17;/h3-12H2,1-2H3,(H2,14,15,16);1H. The molecule has 1 aliphatic heterocycles. The van der Waals surface area contributed by atoms with Gasteiger partial charge in [-0.1, -0.05) is 13.3 Å². The molecule has 0 aromatic carbocycles. The Hall–Kier alpha value is -0.0400. The van der Waals surface area contributed by atoms with Crippen LogP contribution in [0.1, 0.15) is 39.5 Å². The number of halogens is 1. The average molecular weight is 368 g/mol. The Bertz CT molecular complexity index is 215. The van der Waals surface area contributed by atoms with E-state index in [-0.39, 0.29) is 24.0 Å². The molecule has 1 heterocycles. The van der Waals surface area contributed by atoms with Gasteiger partial charge in [0, 0.05) is 26.2 Å². The normalized spacial score (nSPS) is 17.1. The van der Waals surface area contributed by atoms with E-state index in [2.05, 4.69) is 34.4 Å². The van der Waals surface area contributed by atoms with Crippen molar-refractivity contribution in [3.8, 4) is 0 Å². The molecule has 0 saturated carbocycles. The minimum absolute atomic E-state index is 0. The van der Waals surface area contributed by atoms with Gasteiger partial charge in [-0.2, -0.15) is 0 Å². The van der Waals surface area contributed by atoms with E-state index in [1.54, 1.807) is 0 Å². The van der Waals surface area contributed by atoms with Crippen LogP contribution in [0.2, 0.25) is 0 Å². The Kier molecular flexibility index (Phi) is 12.0. The van der Waals surface area contributed by atoms with E-state index in [1.807, 2.05) is 0 Å². The summed E-state index contributed by atoms with van der Waals surface area (Å²) < 4.78 is 0. The number of nitrogens with one attached hydrogen (secondary N) is 2. The summed E-state index contributed by atoms with van der Waals surface area (Å²) in [5.41, 5.74) is 0. The third kappa shape index (κ3) is 8.13. The number of rotatable bonds is 6. The van der Waals surface area contributed by atoms with Crippen LogP contribution in [0.3, 0.4) is 0 Å². The van der Waals surface area contributed by atoms with E-state index in [0.717, 1.165) is 38.6 Å².